The van der Waals surface area contributed by atoms with Crippen LogP contribution in [0, 0.1) is 0 Å². The second-order valence-corrected chi connectivity index (χ2v) is 1.70. The molecule has 0 N–H and O–H groups in total. The molecule has 0 saturated heterocycles. The topological polar surface area (TPSA) is 3.24 Å². The van der Waals surface area contributed by atoms with E-state index in [0.717, 1.165) is 11.8 Å². The second kappa shape index (κ2) is 3.84. The molecule has 0 heterocycles. The smallest absolute Gasteiger partial charge is 0.0419 e. The van der Waals surface area contributed by atoms with Crippen LogP contribution in [0.3, 0.4) is 0 Å². The number of nitrogens with zero attached hydrogens (tertiary/aromatic N) is 1. The van der Waals surface area contributed by atoms with E-state index in [2.05, 4.69) is 25.3 Å². The Morgan fingerprint density at radius 1 is 1.33 bits per heavy atom. The standard InChI is InChI=1S/C3H9NS2/c1-4(2-5)3-6/h5-6H,2-3H2,1H3. The van der Waals surface area contributed by atoms with Crippen LogP contribution in [0.1, 0.15) is 0 Å². The summed E-state index contributed by atoms with van der Waals surface area (Å²) in [6.07, 6.45) is 0. The van der Waals surface area contributed by atoms with Crippen LogP contribution in [-0.2, 0) is 0 Å². The molecule has 0 amide bonds. The summed E-state index contributed by atoms with van der Waals surface area (Å²) in [6.45, 7) is 0. The molecule has 0 fully saturated rings. The predicted octanol–water partition coefficient (Wildman–Crippen LogP) is 0.693. The first-order chi connectivity index (χ1) is 2.81. The fourth-order valence-corrected chi connectivity index (χ4v) is 0.402. The first-order valence-electron chi connectivity index (χ1n) is 1.71. The molecule has 0 spiro atoms. The van der Waals surface area contributed by atoms with Crippen molar-refractivity contribution in [3.8, 4) is 0 Å². The van der Waals surface area contributed by atoms with Crippen LogP contribution in [0.5, 0.6) is 0 Å². The Morgan fingerprint density at radius 2 is 1.67 bits per heavy atom. The molecule has 3 heteroatoms. The Morgan fingerprint density at radius 3 is 1.67 bits per heavy atom. The van der Waals surface area contributed by atoms with Crippen molar-refractivity contribution in [1.29, 1.82) is 0 Å². The minimum atomic E-state index is 0.781. The Bertz CT molecular complexity index is 28.0. The van der Waals surface area contributed by atoms with E-state index < -0.39 is 0 Å². The van der Waals surface area contributed by atoms with E-state index in [0.29, 0.717) is 0 Å². The summed E-state index contributed by atoms with van der Waals surface area (Å²) in [5.74, 6) is 1.56. The normalized spacial score (nSPS) is 10.0. The highest BCUT2D eigenvalue weighted by Gasteiger charge is 1.83. The minimum absolute atomic E-state index is 0.781. The molecular formula is C3H9NS2. The van der Waals surface area contributed by atoms with E-state index in [9.17, 15) is 0 Å². The van der Waals surface area contributed by atoms with Gasteiger partial charge in [-0.1, -0.05) is 0 Å². The molecule has 0 aliphatic rings. The molecular weight excluding hydrogens is 114 g/mol. The van der Waals surface area contributed by atoms with Gasteiger partial charge in [-0.05, 0) is 7.05 Å². The molecule has 0 rings (SSSR count). The average molecular weight is 123 g/mol. The summed E-state index contributed by atoms with van der Waals surface area (Å²) >= 11 is 7.95. The lowest BCUT2D eigenvalue weighted by atomic mass is 11.0. The van der Waals surface area contributed by atoms with Gasteiger partial charge in [-0.15, -0.1) is 0 Å². The number of hydrogen-bond donors (Lipinski definition) is 2. The molecule has 0 radical (unpaired) electrons. The molecule has 0 unspecified atom stereocenters. The summed E-state index contributed by atoms with van der Waals surface area (Å²) in [7, 11) is 1.96. The molecule has 0 aromatic rings. The van der Waals surface area contributed by atoms with Crippen molar-refractivity contribution in [2.75, 3.05) is 18.8 Å². The monoisotopic (exact) mass is 123 g/mol. The Hall–Kier alpha value is 0.660. The van der Waals surface area contributed by atoms with Crippen molar-refractivity contribution in [3.05, 3.63) is 0 Å². The van der Waals surface area contributed by atoms with Gasteiger partial charge < -0.3 is 0 Å². The van der Waals surface area contributed by atoms with Crippen LogP contribution in [0.15, 0.2) is 0 Å². The highest BCUT2D eigenvalue weighted by Crippen LogP contribution is 1.84. The van der Waals surface area contributed by atoms with E-state index in [4.69, 9.17) is 0 Å². The zero-order chi connectivity index (χ0) is 4.99. The molecule has 6 heavy (non-hydrogen) atoms. The van der Waals surface area contributed by atoms with Crippen LogP contribution in [0.4, 0.5) is 0 Å². The fourth-order valence-electron chi connectivity index (χ4n) is 0.0447. The van der Waals surface area contributed by atoms with E-state index in [1.54, 1.807) is 0 Å². The van der Waals surface area contributed by atoms with Gasteiger partial charge in [0.2, 0.25) is 0 Å². The first-order valence-corrected chi connectivity index (χ1v) is 2.98. The minimum Gasteiger partial charge on any atom is -0.288 e. The van der Waals surface area contributed by atoms with Crippen molar-refractivity contribution in [2.45, 2.75) is 0 Å². The van der Waals surface area contributed by atoms with Gasteiger partial charge in [-0.25, -0.2) is 0 Å². The van der Waals surface area contributed by atoms with E-state index >= 15 is 0 Å². The molecule has 0 saturated carbocycles. The van der Waals surface area contributed by atoms with E-state index in [-0.39, 0.29) is 0 Å². The summed E-state index contributed by atoms with van der Waals surface area (Å²) < 4.78 is 0. The Balaban J connectivity index is 2.75. The fraction of sp³-hybridized carbons (Fsp3) is 1.00. The van der Waals surface area contributed by atoms with Crippen LogP contribution in [0.25, 0.3) is 0 Å². The third kappa shape index (κ3) is 2.87. The lowest BCUT2D eigenvalue weighted by molar-refractivity contribution is 0.469. The van der Waals surface area contributed by atoms with Gasteiger partial charge in [0.15, 0.2) is 0 Å². The third-order valence-electron chi connectivity index (χ3n) is 0.483. The van der Waals surface area contributed by atoms with Crippen LogP contribution in [-0.4, -0.2) is 23.7 Å². The number of hydrogen-bond acceptors (Lipinski definition) is 3. The van der Waals surface area contributed by atoms with Crippen molar-refractivity contribution < 1.29 is 0 Å². The maximum absolute atomic E-state index is 3.97. The van der Waals surface area contributed by atoms with E-state index in [1.807, 2.05) is 11.9 Å². The van der Waals surface area contributed by atoms with Gasteiger partial charge in [0.05, 0.1) is 0 Å². The van der Waals surface area contributed by atoms with Gasteiger partial charge >= 0.3 is 0 Å². The molecule has 0 bridgehead atoms. The van der Waals surface area contributed by atoms with Gasteiger partial charge in [0.1, 0.15) is 0 Å². The summed E-state index contributed by atoms with van der Waals surface area (Å²) in [4.78, 5) is 1.98. The molecule has 0 atom stereocenters. The maximum Gasteiger partial charge on any atom is 0.0419 e. The summed E-state index contributed by atoms with van der Waals surface area (Å²) in [5.41, 5.74) is 0. The molecule has 0 aliphatic carbocycles. The number of thiol groups is 2. The largest absolute Gasteiger partial charge is 0.288 e. The Kier molecular flexibility index (Phi) is 4.26. The lowest BCUT2D eigenvalue weighted by Gasteiger charge is -2.05. The summed E-state index contributed by atoms with van der Waals surface area (Å²) in [5, 5.41) is 0. The molecule has 38 valence electrons. The highest BCUT2D eigenvalue weighted by atomic mass is 32.1. The summed E-state index contributed by atoms with van der Waals surface area (Å²) in [6, 6.07) is 0. The van der Waals surface area contributed by atoms with Crippen molar-refractivity contribution in [3.63, 3.8) is 0 Å². The zero-order valence-corrected chi connectivity index (χ0v) is 5.54. The first kappa shape index (κ1) is 6.66. The van der Waals surface area contributed by atoms with Gasteiger partial charge in [0, 0.05) is 11.8 Å². The van der Waals surface area contributed by atoms with Crippen molar-refractivity contribution in [1.82, 2.24) is 4.90 Å². The third-order valence-corrected chi connectivity index (χ3v) is 1.45. The molecule has 0 aromatic carbocycles. The molecule has 1 nitrogen and oxygen atoms in total. The van der Waals surface area contributed by atoms with Crippen LogP contribution in [0.2, 0.25) is 0 Å². The quantitative estimate of drug-likeness (QED) is 0.404. The molecule has 0 aromatic heterocycles. The zero-order valence-electron chi connectivity index (χ0n) is 3.76. The predicted molar refractivity (Wildman–Crippen MR) is 35.5 cm³/mol. The highest BCUT2D eigenvalue weighted by molar-refractivity contribution is 7.81. The lowest BCUT2D eigenvalue weighted by Crippen LogP contribution is -2.12. The van der Waals surface area contributed by atoms with Gasteiger partial charge in [0.25, 0.3) is 0 Å². The maximum atomic E-state index is 3.97. The average Bonchev–Trinajstić information content (AvgIpc) is 1.65. The van der Waals surface area contributed by atoms with E-state index in [1.165, 1.54) is 0 Å². The van der Waals surface area contributed by atoms with Gasteiger partial charge in [-0.3, -0.25) is 4.90 Å². The van der Waals surface area contributed by atoms with Gasteiger partial charge in [-0.2, -0.15) is 25.3 Å². The van der Waals surface area contributed by atoms with Crippen molar-refractivity contribution in [2.24, 2.45) is 0 Å². The van der Waals surface area contributed by atoms with Crippen LogP contribution >= 0.6 is 25.3 Å². The Labute approximate surface area is 49.5 Å². The molecule has 0 aliphatic heterocycles. The van der Waals surface area contributed by atoms with Crippen molar-refractivity contribution >= 4 is 25.3 Å². The second-order valence-electron chi connectivity index (χ2n) is 1.14. The SMILES string of the molecule is CN(CS)CS. The number of rotatable bonds is 2. The van der Waals surface area contributed by atoms with Crippen LogP contribution < -0.4 is 0 Å².